The minimum Gasteiger partial charge on any atom is -0.341 e. The van der Waals surface area contributed by atoms with Crippen LogP contribution >= 0.6 is 0 Å². The minimum atomic E-state index is -2.95. The summed E-state index contributed by atoms with van der Waals surface area (Å²) in [4.78, 5) is 14.2. The van der Waals surface area contributed by atoms with Gasteiger partial charge < -0.3 is 4.90 Å². The molecule has 0 radical (unpaired) electrons. The summed E-state index contributed by atoms with van der Waals surface area (Å²) < 4.78 is 25.0. The Balaban J connectivity index is 1.70. The van der Waals surface area contributed by atoms with Crippen LogP contribution in [0.1, 0.15) is 29.8 Å². The van der Waals surface area contributed by atoms with Crippen molar-refractivity contribution in [3.8, 4) is 5.69 Å². The van der Waals surface area contributed by atoms with Gasteiger partial charge in [-0.1, -0.05) is 18.2 Å². The van der Waals surface area contributed by atoms with E-state index in [2.05, 4.69) is 5.10 Å². The number of nitrogens with zero attached hydrogens (tertiary/aromatic N) is 3. The standard InChI is InChI=1S/C19H25N3O3S/c1-14-18(15(2)22(20-14)17-7-5-4-6-8-17)12-21(3)19(23)11-16-9-10-26(24,25)13-16/h4-8,16H,9-13H2,1-3H3. The van der Waals surface area contributed by atoms with Crippen LogP contribution in [0.3, 0.4) is 0 Å². The molecule has 0 saturated carbocycles. The number of sulfone groups is 1. The average molecular weight is 375 g/mol. The smallest absolute Gasteiger partial charge is 0.222 e. The number of amides is 1. The van der Waals surface area contributed by atoms with E-state index in [-0.39, 0.29) is 23.3 Å². The Bertz CT molecular complexity index is 904. The zero-order chi connectivity index (χ0) is 18.9. The van der Waals surface area contributed by atoms with Gasteiger partial charge in [-0.05, 0) is 38.3 Å². The summed E-state index contributed by atoms with van der Waals surface area (Å²) in [5, 5.41) is 4.61. The minimum absolute atomic E-state index is 0.0154. The van der Waals surface area contributed by atoms with Crippen molar-refractivity contribution in [2.24, 2.45) is 5.92 Å². The van der Waals surface area contributed by atoms with Gasteiger partial charge in [-0.3, -0.25) is 4.79 Å². The van der Waals surface area contributed by atoms with Crippen molar-refractivity contribution in [2.45, 2.75) is 33.2 Å². The highest BCUT2D eigenvalue weighted by Crippen LogP contribution is 2.24. The zero-order valence-corrected chi connectivity index (χ0v) is 16.3. The SMILES string of the molecule is Cc1nn(-c2ccccc2)c(C)c1CN(C)C(=O)CC1CCS(=O)(=O)C1. The molecule has 0 spiro atoms. The number of carbonyl (C=O) groups is 1. The fourth-order valence-electron chi connectivity index (χ4n) is 3.49. The second kappa shape index (κ2) is 7.23. The average Bonchev–Trinajstić information content (AvgIpc) is 3.08. The lowest BCUT2D eigenvalue weighted by atomic mass is 10.0. The third-order valence-electron chi connectivity index (χ3n) is 5.05. The monoisotopic (exact) mass is 375 g/mol. The summed E-state index contributed by atoms with van der Waals surface area (Å²) in [5.41, 5.74) is 3.93. The van der Waals surface area contributed by atoms with E-state index in [9.17, 15) is 13.2 Å². The van der Waals surface area contributed by atoms with Crippen LogP contribution in [0.2, 0.25) is 0 Å². The quantitative estimate of drug-likeness (QED) is 0.804. The van der Waals surface area contributed by atoms with Crippen LogP contribution in [-0.2, 0) is 21.2 Å². The maximum atomic E-state index is 12.5. The number of benzene rings is 1. The number of hydrogen-bond acceptors (Lipinski definition) is 4. The number of para-hydroxylation sites is 1. The molecule has 1 unspecified atom stereocenters. The van der Waals surface area contributed by atoms with E-state index in [0.717, 1.165) is 22.6 Å². The molecule has 3 rings (SSSR count). The maximum Gasteiger partial charge on any atom is 0.222 e. The molecule has 0 aliphatic carbocycles. The van der Waals surface area contributed by atoms with Gasteiger partial charge in [0, 0.05) is 31.3 Å². The molecule has 140 valence electrons. The lowest BCUT2D eigenvalue weighted by Crippen LogP contribution is -2.28. The largest absolute Gasteiger partial charge is 0.341 e. The van der Waals surface area contributed by atoms with Gasteiger partial charge >= 0.3 is 0 Å². The molecule has 1 saturated heterocycles. The van der Waals surface area contributed by atoms with Gasteiger partial charge in [0.1, 0.15) is 0 Å². The highest BCUT2D eigenvalue weighted by molar-refractivity contribution is 7.91. The molecule has 2 heterocycles. The molecule has 1 aliphatic heterocycles. The lowest BCUT2D eigenvalue weighted by Gasteiger charge is -2.19. The van der Waals surface area contributed by atoms with Gasteiger partial charge in [0.2, 0.25) is 5.91 Å². The molecule has 1 aliphatic rings. The Labute approximate surface area is 154 Å². The van der Waals surface area contributed by atoms with Crippen molar-refractivity contribution >= 4 is 15.7 Å². The molecule has 1 aromatic heterocycles. The third-order valence-corrected chi connectivity index (χ3v) is 6.89. The zero-order valence-electron chi connectivity index (χ0n) is 15.5. The summed E-state index contributed by atoms with van der Waals surface area (Å²) in [6, 6.07) is 9.90. The van der Waals surface area contributed by atoms with E-state index in [1.807, 2.05) is 48.9 Å². The van der Waals surface area contributed by atoms with Crippen molar-refractivity contribution in [1.29, 1.82) is 0 Å². The summed E-state index contributed by atoms with van der Waals surface area (Å²) >= 11 is 0. The van der Waals surface area contributed by atoms with E-state index in [1.165, 1.54) is 0 Å². The van der Waals surface area contributed by atoms with E-state index in [4.69, 9.17) is 0 Å². The van der Waals surface area contributed by atoms with Gasteiger partial charge in [0.25, 0.3) is 0 Å². The van der Waals surface area contributed by atoms with Crippen LogP contribution < -0.4 is 0 Å². The second-order valence-corrected chi connectivity index (χ2v) is 9.35. The van der Waals surface area contributed by atoms with E-state index in [0.29, 0.717) is 19.4 Å². The molecule has 0 N–H and O–H groups in total. The highest BCUT2D eigenvalue weighted by atomic mass is 32.2. The maximum absolute atomic E-state index is 12.5. The van der Waals surface area contributed by atoms with E-state index >= 15 is 0 Å². The summed E-state index contributed by atoms with van der Waals surface area (Å²) in [7, 11) is -1.18. The van der Waals surface area contributed by atoms with Crippen molar-refractivity contribution in [3.05, 3.63) is 47.3 Å². The van der Waals surface area contributed by atoms with Crippen LogP contribution in [0.15, 0.2) is 30.3 Å². The number of aromatic nitrogens is 2. The molecule has 1 aromatic carbocycles. The Hall–Kier alpha value is -2.15. The van der Waals surface area contributed by atoms with Gasteiger partial charge in [-0.15, -0.1) is 0 Å². The number of rotatable bonds is 5. The topological polar surface area (TPSA) is 72.3 Å². The first kappa shape index (κ1) is 18.6. The lowest BCUT2D eigenvalue weighted by molar-refractivity contribution is -0.131. The van der Waals surface area contributed by atoms with Crippen molar-refractivity contribution in [3.63, 3.8) is 0 Å². The molecule has 1 fully saturated rings. The fraction of sp³-hybridized carbons (Fsp3) is 0.474. The van der Waals surface area contributed by atoms with E-state index < -0.39 is 9.84 Å². The molecule has 6 nitrogen and oxygen atoms in total. The Morgan fingerprint density at radius 2 is 1.96 bits per heavy atom. The molecule has 26 heavy (non-hydrogen) atoms. The van der Waals surface area contributed by atoms with Crippen LogP contribution in [-0.4, -0.2) is 47.6 Å². The molecule has 0 bridgehead atoms. The third kappa shape index (κ3) is 3.98. The molecule has 2 aromatic rings. The molecule has 1 amide bonds. The van der Waals surface area contributed by atoms with E-state index in [1.54, 1.807) is 11.9 Å². The van der Waals surface area contributed by atoms with Crippen LogP contribution in [0.5, 0.6) is 0 Å². The molecular formula is C19H25N3O3S. The number of hydrogen-bond donors (Lipinski definition) is 0. The van der Waals surface area contributed by atoms with Crippen LogP contribution in [0.4, 0.5) is 0 Å². The fourth-order valence-corrected chi connectivity index (χ4v) is 5.35. The van der Waals surface area contributed by atoms with Crippen molar-refractivity contribution in [2.75, 3.05) is 18.6 Å². The molecule has 1 atom stereocenters. The summed E-state index contributed by atoms with van der Waals surface area (Å²) in [5.74, 6) is 0.273. The van der Waals surface area contributed by atoms with Gasteiger partial charge in [0.05, 0.1) is 22.9 Å². The first-order valence-corrected chi connectivity index (χ1v) is 10.6. The summed E-state index contributed by atoms with van der Waals surface area (Å²) in [6.45, 7) is 4.43. The number of carbonyl (C=O) groups excluding carboxylic acids is 1. The van der Waals surface area contributed by atoms with Crippen LogP contribution in [0, 0.1) is 19.8 Å². The van der Waals surface area contributed by atoms with Crippen molar-refractivity contribution in [1.82, 2.24) is 14.7 Å². The number of aryl methyl sites for hydroxylation is 1. The predicted molar refractivity (Wildman–Crippen MR) is 101 cm³/mol. The molecular weight excluding hydrogens is 350 g/mol. The Morgan fingerprint density at radius 3 is 2.58 bits per heavy atom. The van der Waals surface area contributed by atoms with Gasteiger partial charge in [-0.2, -0.15) is 5.10 Å². The second-order valence-electron chi connectivity index (χ2n) is 7.12. The first-order valence-electron chi connectivity index (χ1n) is 8.82. The van der Waals surface area contributed by atoms with Crippen molar-refractivity contribution < 1.29 is 13.2 Å². The van der Waals surface area contributed by atoms with Gasteiger partial charge in [-0.25, -0.2) is 13.1 Å². The summed E-state index contributed by atoms with van der Waals surface area (Å²) in [6.07, 6.45) is 0.882. The Morgan fingerprint density at radius 1 is 1.27 bits per heavy atom. The normalized spacial score (nSPS) is 18.8. The Kier molecular flexibility index (Phi) is 5.18. The molecule has 7 heteroatoms. The van der Waals surface area contributed by atoms with Gasteiger partial charge in [0.15, 0.2) is 9.84 Å². The first-order chi connectivity index (χ1) is 12.3. The highest BCUT2D eigenvalue weighted by Gasteiger charge is 2.30. The predicted octanol–water partition coefficient (Wildman–Crippen LogP) is 2.27. The van der Waals surface area contributed by atoms with Crippen LogP contribution in [0.25, 0.3) is 5.69 Å².